The second-order valence-corrected chi connectivity index (χ2v) is 9.99. The van der Waals surface area contributed by atoms with Gasteiger partial charge in [-0.15, -0.1) is 0 Å². The van der Waals surface area contributed by atoms with Crippen LogP contribution in [0.3, 0.4) is 0 Å². The lowest BCUT2D eigenvalue weighted by Crippen LogP contribution is -2.25. The van der Waals surface area contributed by atoms with E-state index in [1.165, 1.54) is 0 Å². The zero-order chi connectivity index (χ0) is 25.9. The quantitative estimate of drug-likeness (QED) is 0.295. The smallest absolute Gasteiger partial charge is 0.338 e. The average Bonchev–Trinajstić information content (AvgIpc) is 3.42. The number of aryl methyl sites for hydroxylation is 1. The molecule has 0 aromatic heterocycles. The number of fused-ring (bicyclic) bond motifs is 1. The molecule has 3 aromatic rings. The van der Waals surface area contributed by atoms with E-state index >= 15 is 0 Å². The zero-order valence-corrected chi connectivity index (χ0v) is 21.0. The van der Waals surface area contributed by atoms with E-state index in [4.69, 9.17) is 9.47 Å². The molecule has 0 spiro atoms. The predicted octanol–water partition coefficient (Wildman–Crippen LogP) is 6.07. The number of rotatable bonds is 7. The van der Waals surface area contributed by atoms with Gasteiger partial charge in [-0.3, -0.25) is 9.59 Å². The third-order valence-corrected chi connectivity index (χ3v) is 7.49. The van der Waals surface area contributed by atoms with E-state index < -0.39 is 12.1 Å². The first kappa shape index (κ1) is 24.7. The van der Waals surface area contributed by atoms with E-state index in [2.05, 4.69) is 0 Å². The summed E-state index contributed by atoms with van der Waals surface area (Å²) >= 11 is 0. The number of ether oxygens (including phenoxy) is 2. The van der Waals surface area contributed by atoms with Gasteiger partial charge in [0.05, 0.1) is 12.0 Å². The Bertz CT molecular complexity index is 1320. The fourth-order valence-corrected chi connectivity index (χ4v) is 5.38. The molecule has 5 atom stereocenters. The number of hydrogen-bond acceptors (Lipinski definition) is 5. The minimum absolute atomic E-state index is 0.0270. The Hall–Kier alpha value is -3.99. The van der Waals surface area contributed by atoms with Crippen molar-refractivity contribution in [3.05, 3.63) is 108 Å². The van der Waals surface area contributed by atoms with Crippen molar-refractivity contribution in [3.63, 3.8) is 0 Å². The van der Waals surface area contributed by atoms with Crippen molar-refractivity contribution in [2.45, 2.75) is 44.8 Å². The molecule has 5 rings (SSSR count). The van der Waals surface area contributed by atoms with Crippen molar-refractivity contribution >= 4 is 17.7 Å². The molecule has 1 aliphatic heterocycles. The van der Waals surface area contributed by atoms with Crippen molar-refractivity contribution in [1.29, 1.82) is 0 Å². The van der Waals surface area contributed by atoms with Gasteiger partial charge in [-0.1, -0.05) is 85.3 Å². The Morgan fingerprint density at radius 3 is 2.43 bits per heavy atom. The highest BCUT2D eigenvalue weighted by Gasteiger charge is 2.50. The Morgan fingerprint density at radius 2 is 1.70 bits per heavy atom. The number of carbonyl (C=O) groups is 3. The molecule has 1 unspecified atom stereocenters. The van der Waals surface area contributed by atoms with Crippen LogP contribution in [0.1, 0.15) is 47.2 Å². The lowest BCUT2D eigenvalue weighted by molar-refractivity contribution is -0.141. The maximum Gasteiger partial charge on any atom is 0.338 e. The average molecular weight is 495 g/mol. The van der Waals surface area contributed by atoms with Crippen LogP contribution in [0.15, 0.2) is 91.0 Å². The van der Waals surface area contributed by atoms with Crippen molar-refractivity contribution in [1.82, 2.24) is 0 Å². The van der Waals surface area contributed by atoms with Crippen molar-refractivity contribution in [3.8, 4) is 11.1 Å². The Morgan fingerprint density at radius 1 is 0.973 bits per heavy atom. The third-order valence-electron chi connectivity index (χ3n) is 7.49. The molecule has 2 aliphatic rings. The van der Waals surface area contributed by atoms with Gasteiger partial charge in [0, 0.05) is 24.2 Å². The van der Waals surface area contributed by atoms with E-state index in [0.717, 1.165) is 22.3 Å². The molecule has 0 N–H and O–H groups in total. The highest BCUT2D eigenvalue weighted by Crippen LogP contribution is 2.44. The van der Waals surface area contributed by atoms with Crippen LogP contribution in [-0.4, -0.2) is 29.9 Å². The summed E-state index contributed by atoms with van der Waals surface area (Å²) in [4.78, 5) is 37.9. The molecule has 0 amide bonds. The molecule has 1 heterocycles. The van der Waals surface area contributed by atoms with Gasteiger partial charge in [-0.25, -0.2) is 4.79 Å². The molecule has 0 bridgehead atoms. The summed E-state index contributed by atoms with van der Waals surface area (Å²) in [5.41, 5.74) is 4.61. The third kappa shape index (κ3) is 5.41. The van der Waals surface area contributed by atoms with Gasteiger partial charge in [-0.2, -0.15) is 0 Å². The fourth-order valence-electron chi connectivity index (χ4n) is 5.38. The predicted molar refractivity (Wildman–Crippen MR) is 141 cm³/mol. The molecule has 1 saturated carbocycles. The highest BCUT2D eigenvalue weighted by molar-refractivity contribution is 5.95. The lowest BCUT2D eigenvalue weighted by Gasteiger charge is -2.20. The molecule has 3 aromatic carbocycles. The Labute approximate surface area is 217 Å². The molecular formula is C32H30O5. The summed E-state index contributed by atoms with van der Waals surface area (Å²) in [5, 5.41) is 0. The summed E-state index contributed by atoms with van der Waals surface area (Å²) < 4.78 is 11.4. The monoisotopic (exact) mass is 494 g/mol. The van der Waals surface area contributed by atoms with Gasteiger partial charge in [0.1, 0.15) is 12.2 Å². The minimum Gasteiger partial charge on any atom is -0.462 e. The topological polar surface area (TPSA) is 69.7 Å². The zero-order valence-electron chi connectivity index (χ0n) is 21.0. The van der Waals surface area contributed by atoms with Gasteiger partial charge in [0.2, 0.25) is 0 Å². The van der Waals surface area contributed by atoms with E-state index in [-0.39, 0.29) is 42.0 Å². The Kier molecular flexibility index (Phi) is 7.04. The molecule has 37 heavy (non-hydrogen) atoms. The molecule has 1 aliphatic carbocycles. The lowest BCUT2D eigenvalue weighted by atomic mass is 9.89. The summed E-state index contributed by atoms with van der Waals surface area (Å²) in [6.45, 7) is 3.89. The van der Waals surface area contributed by atoms with Gasteiger partial charge >= 0.3 is 11.9 Å². The molecule has 0 radical (unpaired) electrons. The maximum atomic E-state index is 13.0. The second kappa shape index (κ2) is 10.6. The number of esters is 2. The van der Waals surface area contributed by atoms with Gasteiger partial charge in [-0.05, 0) is 41.8 Å². The van der Waals surface area contributed by atoms with Gasteiger partial charge < -0.3 is 9.47 Å². The first-order valence-corrected chi connectivity index (χ1v) is 12.7. The molecule has 5 nitrogen and oxygen atoms in total. The van der Waals surface area contributed by atoms with Gasteiger partial charge in [0.15, 0.2) is 5.78 Å². The van der Waals surface area contributed by atoms with Crippen LogP contribution in [0.4, 0.5) is 0 Å². The number of benzene rings is 3. The highest BCUT2D eigenvalue weighted by atomic mass is 16.6. The standard InChI is InChI=1S/C32H30O5/c1-20-7-6-10-25(17-20)21(2)28(33)16-15-26-27-18-31(34)36-30(27)19-29(26)37-32(35)24-13-11-23(12-14-24)22-8-4-3-5-9-22/h3-17,21,26-27,29-30H,18-19H2,1-2H3/b16-15+/t21-,26-,27-,29?,30+/m1/s1. The van der Waals surface area contributed by atoms with Crippen LogP contribution in [-0.2, 0) is 19.1 Å². The molecule has 2 fully saturated rings. The van der Waals surface area contributed by atoms with Crippen LogP contribution in [0, 0.1) is 18.8 Å². The van der Waals surface area contributed by atoms with Crippen molar-refractivity contribution in [2.75, 3.05) is 0 Å². The number of ketones is 1. The van der Waals surface area contributed by atoms with E-state index in [1.807, 2.05) is 86.7 Å². The first-order chi connectivity index (χ1) is 17.9. The summed E-state index contributed by atoms with van der Waals surface area (Å²) in [7, 11) is 0. The van der Waals surface area contributed by atoms with Crippen molar-refractivity contribution < 1.29 is 23.9 Å². The summed E-state index contributed by atoms with van der Waals surface area (Å²) in [5.74, 6) is -1.36. The minimum atomic E-state index is -0.470. The molecule has 5 heteroatoms. The number of carbonyl (C=O) groups excluding carboxylic acids is 3. The fraction of sp³-hybridized carbons (Fsp3) is 0.281. The van der Waals surface area contributed by atoms with Crippen LogP contribution < -0.4 is 0 Å². The van der Waals surface area contributed by atoms with E-state index in [9.17, 15) is 14.4 Å². The SMILES string of the molecule is Cc1cccc([C@@H](C)C(=O)/C=C/[C@H]2C(OC(=O)c3ccc(-c4ccccc4)cc3)C[C@@H]3OC(=O)C[C@@H]32)c1. The Balaban J connectivity index is 1.30. The van der Waals surface area contributed by atoms with Crippen molar-refractivity contribution in [2.24, 2.45) is 11.8 Å². The summed E-state index contributed by atoms with van der Waals surface area (Å²) in [6, 6.07) is 25.2. The molecule has 1 saturated heterocycles. The van der Waals surface area contributed by atoms with Crippen LogP contribution in [0.25, 0.3) is 11.1 Å². The van der Waals surface area contributed by atoms with Crippen LogP contribution >= 0.6 is 0 Å². The van der Waals surface area contributed by atoms with E-state index in [1.54, 1.807) is 18.2 Å². The largest absolute Gasteiger partial charge is 0.462 e. The van der Waals surface area contributed by atoms with E-state index in [0.29, 0.717) is 12.0 Å². The molecule has 188 valence electrons. The number of hydrogen-bond donors (Lipinski definition) is 0. The maximum absolute atomic E-state index is 13.0. The first-order valence-electron chi connectivity index (χ1n) is 12.7. The van der Waals surface area contributed by atoms with Gasteiger partial charge in [0.25, 0.3) is 0 Å². The summed E-state index contributed by atoms with van der Waals surface area (Å²) in [6.07, 6.45) is 3.32. The normalized spacial score (nSPS) is 23.5. The second-order valence-electron chi connectivity index (χ2n) is 9.99. The molecular weight excluding hydrogens is 464 g/mol. The van der Waals surface area contributed by atoms with Crippen LogP contribution in [0.5, 0.6) is 0 Å². The van der Waals surface area contributed by atoms with Crippen LogP contribution in [0.2, 0.25) is 0 Å². The number of allylic oxidation sites excluding steroid dienone is 1.